The number of hydrogen-bond donors (Lipinski definition) is 2. The molecule has 0 aliphatic rings. The van der Waals surface area contributed by atoms with Crippen LogP contribution in [0.4, 0.5) is 0 Å². The van der Waals surface area contributed by atoms with Crippen LogP contribution >= 0.6 is 11.6 Å². The molecule has 0 fully saturated rings. The third-order valence-corrected chi connectivity index (χ3v) is 2.23. The quantitative estimate of drug-likeness (QED) is 0.291. The standard InChI is InChI=1S/C10H19ClO4/c1-2-3-8-15-9(12)10(13,14)6-4-5-7-11/h13-14H,2-8H2,1H3. The SMILES string of the molecule is CCCCOC(=O)C(O)(O)CCCCCl. The number of ether oxygens (including phenoxy) is 1. The highest BCUT2D eigenvalue weighted by atomic mass is 35.5. The second kappa shape index (κ2) is 7.91. The molecule has 0 aliphatic carbocycles. The zero-order valence-electron chi connectivity index (χ0n) is 9.04. The number of carbonyl (C=O) groups excluding carboxylic acids is 1. The van der Waals surface area contributed by atoms with Gasteiger partial charge < -0.3 is 14.9 Å². The minimum atomic E-state index is -2.36. The van der Waals surface area contributed by atoms with Crippen LogP contribution in [0.25, 0.3) is 0 Å². The molecule has 0 spiro atoms. The predicted octanol–water partition coefficient (Wildman–Crippen LogP) is 1.42. The van der Waals surface area contributed by atoms with Gasteiger partial charge in [0.1, 0.15) is 0 Å². The molecule has 4 nitrogen and oxygen atoms in total. The maximum atomic E-state index is 11.2. The van der Waals surface area contributed by atoms with Crippen molar-refractivity contribution in [3.05, 3.63) is 0 Å². The van der Waals surface area contributed by atoms with Gasteiger partial charge in [0.05, 0.1) is 6.61 Å². The van der Waals surface area contributed by atoms with Gasteiger partial charge in [0.2, 0.25) is 0 Å². The summed E-state index contributed by atoms with van der Waals surface area (Å²) in [5.74, 6) is -2.88. The molecule has 15 heavy (non-hydrogen) atoms. The van der Waals surface area contributed by atoms with Crippen LogP contribution in [0.1, 0.15) is 39.0 Å². The number of aliphatic hydroxyl groups is 2. The summed E-state index contributed by atoms with van der Waals surface area (Å²) in [5, 5.41) is 18.7. The number of unbranched alkanes of at least 4 members (excludes halogenated alkanes) is 2. The maximum Gasteiger partial charge on any atom is 0.366 e. The molecule has 5 heteroatoms. The predicted molar refractivity (Wildman–Crippen MR) is 57.6 cm³/mol. The van der Waals surface area contributed by atoms with E-state index in [4.69, 9.17) is 16.3 Å². The van der Waals surface area contributed by atoms with Crippen molar-refractivity contribution in [3.63, 3.8) is 0 Å². The van der Waals surface area contributed by atoms with Gasteiger partial charge in [-0.3, -0.25) is 0 Å². The number of hydrogen-bond acceptors (Lipinski definition) is 4. The van der Waals surface area contributed by atoms with Crippen LogP contribution in [-0.2, 0) is 9.53 Å². The monoisotopic (exact) mass is 238 g/mol. The fourth-order valence-corrected chi connectivity index (χ4v) is 1.18. The molecule has 0 atom stereocenters. The van der Waals surface area contributed by atoms with Crippen molar-refractivity contribution in [2.45, 2.75) is 44.8 Å². The van der Waals surface area contributed by atoms with E-state index in [-0.39, 0.29) is 13.0 Å². The molecule has 0 aliphatic heterocycles. The lowest BCUT2D eigenvalue weighted by atomic mass is 10.1. The summed E-state index contributed by atoms with van der Waals surface area (Å²) in [6.07, 6.45) is 2.71. The van der Waals surface area contributed by atoms with Crippen LogP contribution < -0.4 is 0 Å². The van der Waals surface area contributed by atoms with Crippen molar-refractivity contribution in [2.75, 3.05) is 12.5 Å². The van der Waals surface area contributed by atoms with Crippen molar-refractivity contribution in [3.8, 4) is 0 Å². The Balaban J connectivity index is 3.80. The molecule has 0 aromatic rings. The third-order valence-electron chi connectivity index (χ3n) is 1.97. The van der Waals surface area contributed by atoms with E-state index in [0.29, 0.717) is 18.7 Å². The Bertz CT molecular complexity index is 182. The van der Waals surface area contributed by atoms with Gasteiger partial charge in [0, 0.05) is 12.3 Å². The zero-order valence-corrected chi connectivity index (χ0v) is 9.79. The Labute approximate surface area is 95.2 Å². The number of carbonyl (C=O) groups is 1. The lowest BCUT2D eigenvalue weighted by Gasteiger charge is -2.19. The first-order chi connectivity index (χ1) is 7.04. The molecule has 0 amide bonds. The molecule has 0 rings (SSSR count). The molecule has 2 N–H and O–H groups in total. The highest BCUT2D eigenvalue weighted by Crippen LogP contribution is 2.13. The minimum absolute atomic E-state index is 0.0370. The summed E-state index contributed by atoms with van der Waals surface area (Å²) in [7, 11) is 0. The second-order valence-corrected chi connectivity index (χ2v) is 3.83. The lowest BCUT2D eigenvalue weighted by molar-refractivity contribution is -0.211. The zero-order chi connectivity index (χ0) is 11.7. The Morgan fingerprint density at radius 1 is 1.33 bits per heavy atom. The topological polar surface area (TPSA) is 66.8 Å². The fraction of sp³-hybridized carbons (Fsp3) is 0.900. The van der Waals surface area contributed by atoms with Crippen LogP contribution in [0, 0.1) is 0 Å². The summed E-state index contributed by atoms with van der Waals surface area (Å²) in [4.78, 5) is 11.2. The first-order valence-corrected chi connectivity index (χ1v) is 5.76. The van der Waals surface area contributed by atoms with Gasteiger partial charge >= 0.3 is 5.97 Å². The summed E-state index contributed by atoms with van der Waals surface area (Å²) >= 11 is 5.43. The van der Waals surface area contributed by atoms with E-state index in [2.05, 4.69) is 0 Å². The second-order valence-electron chi connectivity index (χ2n) is 3.45. The average molecular weight is 239 g/mol. The number of esters is 1. The number of rotatable bonds is 8. The molecule has 0 radical (unpaired) electrons. The van der Waals surface area contributed by atoms with Gasteiger partial charge in [0.25, 0.3) is 5.79 Å². The van der Waals surface area contributed by atoms with Gasteiger partial charge in [-0.15, -0.1) is 11.6 Å². The smallest absolute Gasteiger partial charge is 0.366 e. The molecule has 0 bridgehead atoms. The van der Waals surface area contributed by atoms with Crippen LogP contribution in [0.2, 0.25) is 0 Å². The summed E-state index contributed by atoms with van der Waals surface area (Å²) in [5.41, 5.74) is 0. The van der Waals surface area contributed by atoms with Crippen molar-refractivity contribution >= 4 is 17.6 Å². The van der Waals surface area contributed by atoms with E-state index in [1.165, 1.54) is 0 Å². The van der Waals surface area contributed by atoms with E-state index in [9.17, 15) is 15.0 Å². The molecule has 0 aromatic heterocycles. The van der Waals surface area contributed by atoms with Gasteiger partial charge in [-0.2, -0.15) is 0 Å². The highest BCUT2D eigenvalue weighted by Gasteiger charge is 2.34. The summed E-state index contributed by atoms with van der Waals surface area (Å²) in [6.45, 7) is 2.19. The van der Waals surface area contributed by atoms with E-state index in [0.717, 1.165) is 12.8 Å². The van der Waals surface area contributed by atoms with E-state index in [1.54, 1.807) is 0 Å². The highest BCUT2D eigenvalue weighted by molar-refractivity contribution is 6.17. The third kappa shape index (κ3) is 6.71. The first kappa shape index (κ1) is 14.7. The first-order valence-electron chi connectivity index (χ1n) is 5.22. The van der Waals surface area contributed by atoms with Crippen molar-refractivity contribution < 1.29 is 19.7 Å². The van der Waals surface area contributed by atoms with E-state index >= 15 is 0 Å². The minimum Gasteiger partial charge on any atom is -0.462 e. The van der Waals surface area contributed by atoms with Gasteiger partial charge in [0.15, 0.2) is 0 Å². The van der Waals surface area contributed by atoms with E-state index < -0.39 is 11.8 Å². The number of halogens is 1. The molecule has 0 saturated heterocycles. The molecule has 0 aromatic carbocycles. The lowest BCUT2D eigenvalue weighted by Crippen LogP contribution is -2.40. The normalized spacial score (nSPS) is 11.5. The van der Waals surface area contributed by atoms with Crippen LogP contribution in [0.3, 0.4) is 0 Å². The fourth-order valence-electron chi connectivity index (χ4n) is 0.993. The summed E-state index contributed by atoms with van der Waals surface area (Å²) < 4.78 is 4.71. The molecule has 0 unspecified atom stereocenters. The molecule has 0 heterocycles. The molecular formula is C10H19ClO4. The van der Waals surface area contributed by atoms with Crippen LogP contribution in [0.5, 0.6) is 0 Å². The van der Waals surface area contributed by atoms with Crippen molar-refractivity contribution in [1.29, 1.82) is 0 Å². The average Bonchev–Trinajstić information content (AvgIpc) is 2.18. The maximum absolute atomic E-state index is 11.2. The Morgan fingerprint density at radius 2 is 2.00 bits per heavy atom. The Morgan fingerprint density at radius 3 is 2.53 bits per heavy atom. The van der Waals surface area contributed by atoms with Gasteiger partial charge in [-0.1, -0.05) is 13.3 Å². The molecule has 0 saturated carbocycles. The number of alkyl halides is 1. The Hall–Kier alpha value is -0.320. The molecule has 90 valence electrons. The van der Waals surface area contributed by atoms with Crippen LogP contribution in [-0.4, -0.2) is 34.5 Å². The largest absolute Gasteiger partial charge is 0.462 e. The van der Waals surface area contributed by atoms with Gasteiger partial charge in [-0.05, 0) is 19.3 Å². The van der Waals surface area contributed by atoms with Gasteiger partial charge in [-0.25, -0.2) is 4.79 Å². The molecular weight excluding hydrogens is 220 g/mol. The van der Waals surface area contributed by atoms with Crippen molar-refractivity contribution in [1.82, 2.24) is 0 Å². The summed E-state index contributed by atoms with van der Waals surface area (Å²) in [6, 6.07) is 0. The van der Waals surface area contributed by atoms with Crippen molar-refractivity contribution in [2.24, 2.45) is 0 Å². The Kier molecular flexibility index (Phi) is 7.74. The van der Waals surface area contributed by atoms with Crippen LogP contribution in [0.15, 0.2) is 0 Å². The van der Waals surface area contributed by atoms with E-state index in [1.807, 2.05) is 6.92 Å².